The van der Waals surface area contributed by atoms with Crippen molar-refractivity contribution in [1.82, 2.24) is 5.32 Å². The van der Waals surface area contributed by atoms with Gasteiger partial charge >= 0.3 is 12.1 Å². The Morgan fingerprint density at radius 1 is 1.35 bits per heavy atom. The Balaban J connectivity index is 4.03. The van der Waals surface area contributed by atoms with Gasteiger partial charge in [0.2, 0.25) is 0 Å². The molecule has 6 heteroatoms. The maximum Gasteiger partial charge on any atom is 0.407 e. The minimum Gasteiger partial charge on any atom is -0.481 e. The molecule has 0 unspecified atom stereocenters. The van der Waals surface area contributed by atoms with Crippen LogP contribution in [0.2, 0.25) is 0 Å². The zero-order valence-corrected chi connectivity index (χ0v) is 10.7. The number of aliphatic hydroxyl groups excluding tert-OH is 1. The smallest absolute Gasteiger partial charge is 0.407 e. The summed E-state index contributed by atoms with van der Waals surface area (Å²) in [5.41, 5.74) is -0.601. The van der Waals surface area contributed by atoms with Gasteiger partial charge in [-0.2, -0.15) is 0 Å². The molecule has 0 aromatic carbocycles. The molecule has 0 fully saturated rings. The summed E-state index contributed by atoms with van der Waals surface area (Å²) in [5.74, 6) is -0.978. The van der Waals surface area contributed by atoms with Crippen molar-refractivity contribution in [2.24, 2.45) is 0 Å². The second-order valence-electron chi connectivity index (χ2n) is 4.93. The van der Waals surface area contributed by atoms with Crippen molar-refractivity contribution >= 4 is 12.1 Å². The quantitative estimate of drug-likeness (QED) is 0.676. The van der Waals surface area contributed by atoms with E-state index in [9.17, 15) is 14.7 Å². The molecule has 3 N–H and O–H groups in total. The van der Waals surface area contributed by atoms with E-state index in [2.05, 4.69) is 5.32 Å². The maximum absolute atomic E-state index is 11.4. The first-order valence-corrected chi connectivity index (χ1v) is 5.51. The summed E-state index contributed by atoms with van der Waals surface area (Å²) >= 11 is 0. The van der Waals surface area contributed by atoms with Crippen LogP contribution in [0.5, 0.6) is 0 Å². The van der Waals surface area contributed by atoms with E-state index in [1.54, 1.807) is 27.7 Å². The summed E-state index contributed by atoms with van der Waals surface area (Å²) in [6.07, 6.45) is -1.58. The van der Waals surface area contributed by atoms with E-state index < -0.39 is 29.8 Å². The summed E-state index contributed by atoms with van der Waals surface area (Å²) in [7, 11) is 0. The highest BCUT2D eigenvalue weighted by Crippen LogP contribution is 2.08. The standard InChI is InChI=1S/C11H21NO5/c1-7(8(13)5-6-9(14)15)12-10(16)17-11(2,3)4/h7-8,13H,5-6H2,1-4H3,(H,12,16)(H,14,15)/t7-,8-/m0/s1. The molecule has 0 bridgehead atoms. The molecule has 0 aliphatic rings. The Hall–Kier alpha value is -1.30. The molecule has 0 saturated carbocycles. The van der Waals surface area contributed by atoms with E-state index in [0.717, 1.165) is 0 Å². The number of carbonyl (C=O) groups is 2. The topological polar surface area (TPSA) is 95.9 Å². The fraction of sp³-hybridized carbons (Fsp3) is 0.818. The van der Waals surface area contributed by atoms with Gasteiger partial charge in [0.15, 0.2) is 0 Å². The lowest BCUT2D eigenvalue weighted by molar-refractivity contribution is -0.137. The van der Waals surface area contributed by atoms with Crippen LogP contribution in [0.1, 0.15) is 40.5 Å². The second kappa shape index (κ2) is 6.44. The number of rotatable bonds is 5. The molecule has 0 aromatic rings. The molecule has 0 aromatic heterocycles. The molecule has 0 heterocycles. The van der Waals surface area contributed by atoms with Crippen molar-refractivity contribution in [2.75, 3.05) is 0 Å². The first-order valence-electron chi connectivity index (χ1n) is 5.51. The lowest BCUT2D eigenvalue weighted by Gasteiger charge is -2.24. The Morgan fingerprint density at radius 3 is 2.29 bits per heavy atom. The number of ether oxygens (including phenoxy) is 1. The molecule has 0 saturated heterocycles. The van der Waals surface area contributed by atoms with Crippen molar-refractivity contribution in [1.29, 1.82) is 0 Å². The van der Waals surface area contributed by atoms with Gasteiger partial charge in [-0.3, -0.25) is 4.79 Å². The Morgan fingerprint density at radius 2 is 1.88 bits per heavy atom. The summed E-state index contributed by atoms with van der Waals surface area (Å²) in [6.45, 7) is 6.80. The summed E-state index contributed by atoms with van der Waals surface area (Å²) in [4.78, 5) is 21.7. The van der Waals surface area contributed by atoms with E-state index in [1.165, 1.54) is 0 Å². The average molecular weight is 247 g/mol. The average Bonchev–Trinajstić information content (AvgIpc) is 2.10. The number of alkyl carbamates (subject to hydrolysis) is 1. The van der Waals surface area contributed by atoms with Crippen LogP contribution in [0.4, 0.5) is 4.79 Å². The molecule has 6 nitrogen and oxygen atoms in total. The van der Waals surface area contributed by atoms with E-state index in [0.29, 0.717) is 0 Å². The monoisotopic (exact) mass is 247 g/mol. The van der Waals surface area contributed by atoms with Crippen molar-refractivity contribution in [3.8, 4) is 0 Å². The predicted molar refractivity (Wildman–Crippen MR) is 61.7 cm³/mol. The van der Waals surface area contributed by atoms with Crippen molar-refractivity contribution in [3.63, 3.8) is 0 Å². The fourth-order valence-electron chi connectivity index (χ4n) is 1.11. The van der Waals surface area contributed by atoms with Crippen LogP contribution in [-0.4, -0.2) is 40.0 Å². The molecule has 0 aliphatic carbocycles. The molecule has 100 valence electrons. The molecule has 0 radical (unpaired) electrons. The number of hydrogen-bond donors (Lipinski definition) is 3. The van der Waals surface area contributed by atoms with E-state index in [1.807, 2.05) is 0 Å². The van der Waals surface area contributed by atoms with Gasteiger partial charge in [0.1, 0.15) is 5.60 Å². The first kappa shape index (κ1) is 15.7. The number of carboxylic acid groups (broad SMARTS) is 1. The van der Waals surface area contributed by atoms with Gasteiger partial charge in [-0.1, -0.05) is 0 Å². The van der Waals surface area contributed by atoms with Crippen LogP contribution in [0, 0.1) is 0 Å². The highest BCUT2D eigenvalue weighted by Gasteiger charge is 2.21. The highest BCUT2D eigenvalue weighted by molar-refractivity contribution is 5.68. The van der Waals surface area contributed by atoms with Gasteiger partial charge in [0.05, 0.1) is 12.1 Å². The number of carboxylic acids is 1. The van der Waals surface area contributed by atoms with Gasteiger partial charge in [0.25, 0.3) is 0 Å². The number of hydrogen-bond acceptors (Lipinski definition) is 4. The van der Waals surface area contributed by atoms with Crippen molar-refractivity contribution < 1.29 is 24.5 Å². The number of aliphatic hydroxyl groups is 1. The molecule has 2 atom stereocenters. The zero-order chi connectivity index (χ0) is 13.6. The van der Waals surface area contributed by atoms with Crippen LogP contribution in [-0.2, 0) is 9.53 Å². The van der Waals surface area contributed by atoms with Gasteiger partial charge in [-0.15, -0.1) is 0 Å². The van der Waals surface area contributed by atoms with E-state index in [4.69, 9.17) is 9.84 Å². The Labute approximate surface area is 101 Å². The van der Waals surface area contributed by atoms with Gasteiger partial charge in [-0.25, -0.2) is 4.79 Å². The van der Waals surface area contributed by atoms with Crippen LogP contribution in [0.15, 0.2) is 0 Å². The summed E-state index contributed by atoms with van der Waals surface area (Å²) in [5, 5.41) is 20.5. The van der Waals surface area contributed by atoms with Crippen LogP contribution < -0.4 is 5.32 Å². The minimum atomic E-state index is -0.978. The number of nitrogens with one attached hydrogen (secondary N) is 1. The van der Waals surface area contributed by atoms with Crippen molar-refractivity contribution in [2.45, 2.75) is 58.3 Å². The third-order valence-electron chi connectivity index (χ3n) is 1.98. The predicted octanol–water partition coefficient (Wildman–Crippen LogP) is 1.13. The molecule has 0 aliphatic heterocycles. The van der Waals surface area contributed by atoms with Gasteiger partial charge in [0, 0.05) is 6.42 Å². The number of aliphatic carboxylic acids is 1. The lowest BCUT2D eigenvalue weighted by Crippen LogP contribution is -2.43. The lowest BCUT2D eigenvalue weighted by atomic mass is 10.1. The van der Waals surface area contributed by atoms with Crippen LogP contribution >= 0.6 is 0 Å². The van der Waals surface area contributed by atoms with Gasteiger partial charge in [-0.05, 0) is 34.1 Å². The zero-order valence-electron chi connectivity index (χ0n) is 10.7. The second-order valence-corrected chi connectivity index (χ2v) is 4.93. The summed E-state index contributed by atoms with van der Waals surface area (Å²) < 4.78 is 5.01. The van der Waals surface area contributed by atoms with Gasteiger partial charge < -0.3 is 20.3 Å². The fourth-order valence-corrected chi connectivity index (χ4v) is 1.11. The molecular weight excluding hydrogens is 226 g/mol. The van der Waals surface area contributed by atoms with Crippen molar-refractivity contribution in [3.05, 3.63) is 0 Å². The molecular formula is C11H21NO5. The maximum atomic E-state index is 11.4. The van der Waals surface area contributed by atoms with Crippen LogP contribution in [0.3, 0.4) is 0 Å². The molecule has 17 heavy (non-hydrogen) atoms. The van der Waals surface area contributed by atoms with E-state index >= 15 is 0 Å². The number of carbonyl (C=O) groups excluding carboxylic acids is 1. The largest absolute Gasteiger partial charge is 0.481 e. The normalized spacial score (nSPS) is 14.9. The van der Waals surface area contributed by atoms with Crippen LogP contribution in [0.25, 0.3) is 0 Å². The van der Waals surface area contributed by atoms with E-state index in [-0.39, 0.29) is 12.8 Å². The highest BCUT2D eigenvalue weighted by atomic mass is 16.6. The molecule has 1 amide bonds. The third-order valence-corrected chi connectivity index (χ3v) is 1.98. The third kappa shape index (κ3) is 8.50. The Kier molecular flexibility index (Phi) is 5.95. The Bertz CT molecular complexity index is 272. The minimum absolute atomic E-state index is 0.0896. The molecule has 0 rings (SSSR count). The summed E-state index contributed by atoms with van der Waals surface area (Å²) in [6, 6.07) is -0.552. The number of amides is 1. The first-order chi connectivity index (χ1) is 7.61. The molecule has 0 spiro atoms. The SMILES string of the molecule is C[C@H](NC(=O)OC(C)(C)C)[C@@H](O)CCC(=O)O.